The Hall–Kier alpha value is -0.160. The van der Waals surface area contributed by atoms with Gasteiger partial charge >= 0.3 is 0 Å². The summed E-state index contributed by atoms with van der Waals surface area (Å²) >= 11 is 0. The molecule has 0 aromatic rings. The van der Waals surface area contributed by atoms with E-state index >= 15 is 0 Å². The molecule has 0 saturated carbocycles. The summed E-state index contributed by atoms with van der Waals surface area (Å²) in [6.45, 7) is 12.4. The molecule has 90 valence electrons. The average molecular weight is 214 g/mol. The molecular formula is C11H26N4. The smallest absolute Gasteiger partial charge is 0.0110 e. The Morgan fingerprint density at radius 3 is 2.33 bits per heavy atom. The molecule has 0 spiro atoms. The first kappa shape index (κ1) is 12.9. The van der Waals surface area contributed by atoms with Crippen LogP contribution in [0.4, 0.5) is 0 Å². The summed E-state index contributed by atoms with van der Waals surface area (Å²) in [5, 5.41) is 0. The van der Waals surface area contributed by atoms with Gasteiger partial charge in [-0.05, 0) is 13.6 Å². The van der Waals surface area contributed by atoms with Crippen molar-refractivity contribution in [1.29, 1.82) is 0 Å². The minimum absolute atomic E-state index is 0.774. The predicted molar refractivity (Wildman–Crippen MR) is 65.1 cm³/mol. The van der Waals surface area contributed by atoms with Gasteiger partial charge in [-0.15, -0.1) is 0 Å². The molecule has 0 amide bonds. The number of nitrogens with two attached hydrogens (primary N) is 1. The van der Waals surface area contributed by atoms with Crippen LogP contribution in [0.15, 0.2) is 0 Å². The molecule has 1 aliphatic rings. The lowest BCUT2D eigenvalue weighted by Crippen LogP contribution is -2.47. The monoisotopic (exact) mass is 214 g/mol. The van der Waals surface area contributed by atoms with Gasteiger partial charge in [0.2, 0.25) is 0 Å². The van der Waals surface area contributed by atoms with Crippen molar-refractivity contribution in [2.75, 3.05) is 66.0 Å². The molecule has 2 N–H and O–H groups in total. The SMILES string of the molecule is CCN(CCN)CCN1CCN(C)CC1. The molecule has 1 fully saturated rings. The van der Waals surface area contributed by atoms with Crippen LogP contribution in [0.2, 0.25) is 0 Å². The van der Waals surface area contributed by atoms with E-state index in [1.165, 1.54) is 32.7 Å². The zero-order valence-electron chi connectivity index (χ0n) is 10.3. The highest BCUT2D eigenvalue weighted by Gasteiger charge is 2.13. The lowest BCUT2D eigenvalue weighted by molar-refractivity contribution is 0.137. The van der Waals surface area contributed by atoms with Crippen LogP contribution in [0.25, 0.3) is 0 Å². The molecule has 1 rings (SSSR count). The van der Waals surface area contributed by atoms with E-state index in [2.05, 4.69) is 28.7 Å². The normalized spacial score (nSPS) is 20.0. The van der Waals surface area contributed by atoms with Gasteiger partial charge in [-0.25, -0.2) is 0 Å². The summed E-state index contributed by atoms with van der Waals surface area (Å²) in [4.78, 5) is 7.38. The first-order valence-electron chi connectivity index (χ1n) is 6.09. The van der Waals surface area contributed by atoms with Crippen molar-refractivity contribution in [1.82, 2.24) is 14.7 Å². The van der Waals surface area contributed by atoms with Crippen molar-refractivity contribution in [3.8, 4) is 0 Å². The number of hydrogen-bond donors (Lipinski definition) is 1. The standard InChI is InChI=1S/C11H26N4/c1-3-14(5-4-12)10-11-15-8-6-13(2)7-9-15/h3-12H2,1-2H3. The fourth-order valence-electron chi connectivity index (χ4n) is 1.96. The summed E-state index contributed by atoms with van der Waals surface area (Å²) < 4.78 is 0. The zero-order chi connectivity index (χ0) is 11.1. The molecule has 0 aromatic heterocycles. The fraction of sp³-hybridized carbons (Fsp3) is 1.00. The molecule has 1 aliphatic heterocycles. The van der Waals surface area contributed by atoms with Gasteiger partial charge < -0.3 is 15.5 Å². The predicted octanol–water partition coefficient (Wildman–Crippen LogP) is -0.486. The number of likely N-dealkylation sites (N-methyl/N-ethyl adjacent to an activating group) is 2. The van der Waals surface area contributed by atoms with Crippen LogP contribution in [0.3, 0.4) is 0 Å². The molecule has 0 bridgehead atoms. The molecule has 0 unspecified atom stereocenters. The van der Waals surface area contributed by atoms with E-state index in [-0.39, 0.29) is 0 Å². The highest BCUT2D eigenvalue weighted by Crippen LogP contribution is 1.99. The van der Waals surface area contributed by atoms with Crippen molar-refractivity contribution in [3.05, 3.63) is 0 Å². The topological polar surface area (TPSA) is 35.7 Å². The maximum Gasteiger partial charge on any atom is 0.0110 e. The molecule has 1 saturated heterocycles. The van der Waals surface area contributed by atoms with E-state index in [0.29, 0.717) is 0 Å². The van der Waals surface area contributed by atoms with E-state index in [1.54, 1.807) is 0 Å². The lowest BCUT2D eigenvalue weighted by atomic mass is 10.3. The Kier molecular flexibility index (Phi) is 6.17. The van der Waals surface area contributed by atoms with Crippen molar-refractivity contribution >= 4 is 0 Å². The maximum atomic E-state index is 5.57. The van der Waals surface area contributed by atoms with E-state index in [1.807, 2.05) is 0 Å². The third-order valence-corrected chi connectivity index (χ3v) is 3.22. The van der Waals surface area contributed by atoms with Gasteiger partial charge in [0, 0.05) is 52.4 Å². The van der Waals surface area contributed by atoms with E-state index < -0.39 is 0 Å². The quantitative estimate of drug-likeness (QED) is 0.647. The first-order valence-corrected chi connectivity index (χ1v) is 6.09. The van der Waals surface area contributed by atoms with Crippen LogP contribution in [-0.2, 0) is 0 Å². The summed E-state index contributed by atoms with van der Waals surface area (Å²) in [7, 11) is 2.20. The van der Waals surface area contributed by atoms with Crippen LogP contribution in [0.1, 0.15) is 6.92 Å². The molecule has 4 heteroatoms. The first-order chi connectivity index (χ1) is 7.26. The third-order valence-electron chi connectivity index (χ3n) is 3.22. The zero-order valence-corrected chi connectivity index (χ0v) is 10.3. The Morgan fingerprint density at radius 1 is 1.13 bits per heavy atom. The number of rotatable bonds is 6. The lowest BCUT2D eigenvalue weighted by Gasteiger charge is -2.33. The summed E-state index contributed by atoms with van der Waals surface area (Å²) in [6.07, 6.45) is 0. The summed E-state index contributed by atoms with van der Waals surface area (Å²) in [5.74, 6) is 0. The molecule has 15 heavy (non-hydrogen) atoms. The van der Waals surface area contributed by atoms with Gasteiger partial charge in [0.25, 0.3) is 0 Å². The Balaban J connectivity index is 2.12. The Labute approximate surface area is 94.0 Å². The van der Waals surface area contributed by atoms with Gasteiger partial charge in [0.05, 0.1) is 0 Å². The number of nitrogens with zero attached hydrogens (tertiary/aromatic N) is 3. The van der Waals surface area contributed by atoms with E-state index in [9.17, 15) is 0 Å². The van der Waals surface area contributed by atoms with Gasteiger partial charge in [0.1, 0.15) is 0 Å². The van der Waals surface area contributed by atoms with Crippen LogP contribution >= 0.6 is 0 Å². The second-order valence-electron chi connectivity index (χ2n) is 4.37. The molecule has 4 nitrogen and oxygen atoms in total. The highest BCUT2D eigenvalue weighted by molar-refractivity contribution is 4.70. The van der Waals surface area contributed by atoms with Crippen molar-refractivity contribution < 1.29 is 0 Å². The Bertz CT molecular complexity index is 155. The molecule has 1 heterocycles. The largest absolute Gasteiger partial charge is 0.329 e. The fourth-order valence-corrected chi connectivity index (χ4v) is 1.96. The minimum Gasteiger partial charge on any atom is -0.329 e. The number of hydrogen-bond acceptors (Lipinski definition) is 4. The molecule has 0 atom stereocenters. The van der Waals surface area contributed by atoms with Crippen LogP contribution < -0.4 is 5.73 Å². The molecular weight excluding hydrogens is 188 g/mol. The number of piperazine rings is 1. The second-order valence-corrected chi connectivity index (χ2v) is 4.37. The Morgan fingerprint density at radius 2 is 1.80 bits per heavy atom. The van der Waals surface area contributed by atoms with E-state index in [4.69, 9.17) is 5.73 Å². The highest BCUT2D eigenvalue weighted by atomic mass is 15.3. The summed E-state index contributed by atoms with van der Waals surface area (Å²) in [5.41, 5.74) is 5.57. The second kappa shape index (κ2) is 7.17. The summed E-state index contributed by atoms with van der Waals surface area (Å²) in [6, 6.07) is 0. The van der Waals surface area contributed by atoms with Gasteiger partial charge in [-0.1, -0.05) is 6.92 Å². The molecule has 0 aromatic carbocycles. The van der Waals surface area contributed by atoms with Crippen molar-refractivity contribution in [2.45, 2.75) is 6.92 Å². The van der Waals surface area contributed by atoms with Gasteiger partial charge in [0.15, 0.2) is 0 Å². The van der Waals surface area contributed by atoms with Crippen LogP contribution in [-0.4, -0.2) is 80.7 Å². The van der Waals surface area contributed by atoms with E-state index in [0.717, 1.165) is 26.2 Å². The molecule has 0 radical (unpaired) electrons. The van der Waals surface area contributed by atoms with Crippen LogP contribution in [0.5, 0.6) is 0 Å². The minimum atomic E-state index is 0.774. The molecule has 0 aliphatic carbocycles. The van der Waals surface area contributed by atoms with Gasteiger partial charge in [-0.3, -0.25) is 4.90 Å². The maximum absolute atomic E-state index is 5.57. The third kappa shape index (κ3) is 4.93. The van der Waals surface area contributed by atoms with Crippen molar-refractivity contribution in [3.63, 3.8) is 0 Å². The average Bonchev–Trinajstić information content (AvgIpc) is 2.26. The van der Waals surface area contributed by atoms with Crippen molar-refractivity contribution in [2.24, 2.45) is 5.73 Å². The van der Waals surface area contributed by atoms with Crippen LogP contribution in [0, 0.1) is 0 Å². The van der Waals surface area contributed by atoms with Gasteiger partial charge in [-0.2, -0.15) is 0 Å².